The molecule has 0 aromatic heterocycles. The molecule has 8 heteroatoms. The summed E-state index contributed by atoms with van der Waals surface area (Å²) in [5, 5.41) is 6.63. The number of hydrogen-bond donors (Lipinski definition) is 2. The predicted octanol–water partition coefficient (Wildman–Crippen LogP) is 2.81. The highest BCUT2D eigenvalue weighted by molar-refractivity contribution is 14.0. The highest BCUT2D eigenvalue weighted by atomic mass is 127. The van der Waals surface area contributed by atoms with Crippen LogP contribution in [0, 0.1) is 0 Å². The maximum Gasteiger partial charge on any atom is 0.253 e. The SMILES string of the molecule is CN=C(NCc1ccc(C(=O)N(C)C)cc1)NCc1ccccc1OCCN(C)C.I. The van der Waals surface area contributed by atoms with E-state index in [-0.39, 0.29) is 29.9 Å². The number of likely N-dealkylation sites (N-methyl/N-ethyl adjacent to an activating group) is 1. The third kappa shape index (κ3) is 9.14. The maximum absolute atomic E-state index is 12.0. The molecular formula is C23H34IN5O2. The summed E-state index contributed by atoms with van der Waals surface area (Å²) in [7, 11) is 9.30. The van der Waals surface area contributed by atoms with Gasteiger partial charge in [0.25, 0.3) is 5.91 Å². The number of carbonyl (C=O) groups excluding carboxylic acids is 1. The van der Waals surface area contributed by atoms with Crippen LogP contribution in [0.5, 0.6) is 5.75 Å². The lowest BCUT2D eigenvalue weighted by Crippen LogP contribution is -2.36. The number of rotatable bonds is 9. The lowest BCUT2D eigenvalue weighted by molar-refractivity contribution is 0.0827. The molecule has 0 aliphatic carbocycles. The van der Waals surface area contributed by atoms with Crippen molar-refractivity contribution in [2.75, 3.05) is 48.4 Å². The standard InChI is InChI=1S/C23H33N5O2.HI/c1-24-23(25-16-18-10-12-19(13-11-18)22(29)28(4)5)26-17-20-8-6-7-9-21(20)30-15-14-27(2)3;/h6-13H,14-17H2,1-5H3,(H2,24,25,26);1H. The van der Waals surface area contributed by atoms with Gasteiger partial charge < -0.3 is 25.2 Å². The largest absolute Gasteiger partial charge is 0.492 e. The van der Waals surface area contributed by atoms with Gasteiger partial charge in [0.1, 0.15) is 12.4 Å². The Bertz CT molecular complexity index is 838. The van der Waals surface area contributed by atoms with Crippen molar-refractivity contribution in [3.63, 3.8) is 0 Å². The molecule has 2 N–H and O–H groups in total. The monoisotopic (exact) mass is 539 g/mol. The average molecular weight is 539 g/mol. The first-order chi connectivity index (χ1) is 14.4. The molecule has 1 amide bonds. The van der Waals surface area contributed by atoms with E-state index < -0.39 is 0 Å². The number of nitrogens with one attached hydrogen (secondary N) is 2. The Balaban J connectivity index is 0.00000480. The van der Waals surface area contributed by atoms with E-state index >= 15 is 0 Å². The lowest BCUT2D eigenvalue weighted by Gasteiger charge is -2.16. The highest BCUT2D eigenvalue weighted by Crippen LogP contribution is 2.17. The van der Waals surface area contributed by atoms with Crippen LogP contribution in [0.25, 0.3) is 0 Å². The molecule has 0 aliphatic rings. The fourth-order valence-electron chi connectivity index (χ4n) is 2.74. The number of ether oxygens (including phenoxy) is 1. The Kier molecular flexibility index (Phi) is 11.9. The van der Waals surface area contributed by atoms with Gasteiger partial charge >= 0.3 is 0 Å². The number of amides is 1. The van der Waals surface area contributed by atoms with E-state index in [1.807, 2.05) is 62.6 Å². The first-order valence-corrected chi connectivity index (χ1v) is 10.0. The Hall–Kier alpha value is -2.33. The smallest absolute Gasteiger partial charge is 0.253 e. The van der Waals surface area contributed by atoms with Crippen molar-refractivity contribution in [1.29, 1.82) is 0 Å². The summed E-state index contributed by atoms with van der Waals surface area (Å²) in [5.74, 6) is 1.58. The summed E-state index contributed by atoms with van der Waals surface area (Å²) in [4.78, 5) is 19.9. The number of benzene rings is 2. The third-order valence-corrected chi connectivity index (χ3v) is 4.51. The van der Waals surface area contributed by atoms with E-state index in [1.54, 1.807) is 26.0 Å². The number of carbonyl (C=O) groups is 1. The van der Waals surface area contributed by atoms with Crippen molar-refractivity contribution < 1.29 is 9.53 Å². The minimum absolute atomic E-state index is 0. The van der Waals surface area contributed by atoms with Gasteiger partial charge in [0, 0.05) is 51.9 Å². The third-order valence-electron chi connectivity index (χ3n) is 4.51. The van der Waals surface area contributed by atoms with Gasteiger partial charge in [-0.25, -0.2) is 0 Å². The normalized spacial score (nSPS) is 11.0. The molecule has 0 unspecified atom stereocenters. The fourth-order valence-corrected chi connectivity index (χ4v) is 2.74. The van der Waals surface area contributed by atoms with Crippen LogP contribution in [0.2, 0.25) is 0 Å². The number of nitrogens with zero attached hydrogens (tertiary/aromatic N) is 3. The molecule has 2 aromatic rings. The highest BCUT2D eigenvalue weighted by Gasteiger charge is 2.08. The maximum atomic E-state index is 12.0. The molecule has 0 radical (unpaired) electrons. The van der Waals surface area contributed by atoms with Crippen molar-refractivity contribution in [2.45, 2.75) is 13.1 Å². The van der Waals surface area contributed by atoms with Crippen molar-refractivity contribution in [3.05, 3.63) is 65.2 Å². The molecule has 0 saturated carbocycles. The minimum Gasteiger partial charge on any atom is -0.492 e. The molecule has 0 spiro atoms. The van der Waals surface area contributed by atoms with E-state index in [9.17, 15) is 4.79 Å². The number of hydrogen-bond acceptors (Lipinski definition) is 4. The van der Waals surface area contributed by atoms with E-state index in [2.05, 4.69) is 20.5 Å². The van der Waals surface area contributed by atoms with Crippen LogP contribution in [-0.4, -0.2) is 70.1 Å². The summed E-state index contributed by atoms with van der Waals surface area (Å²) in [5.41, 5.74) is 2.82. The van der Waals surface area contributed by atoms with Crippen LogP contribution in [0.15, 0.2) is 53.5 Å². The molecule has 170 valence electrons. The first-order valence-electron chi connectivity index (χ1n) is 10.0. The van der Waals surface area contributed by atoms with Gasteiger partial charge in [-0.2, -0.15) is 0 Å². The fraction of sp³-hybridized carbons (Fsp3) is 0.391. The summed E-state index contributed by atoms with van der Waals surface area (Å²) < 4.78 is 5.92. The summed E-state index contributed by atoms with van der Waals surface area (Å²) in [6.07, 6.45) is 0. The Morgan fingerprint density at radius 3 is 2.23 bits per heavy atom. The van der Waals surface area contributed by atoms with Gasteiger partial charge in [0.15, 0.2) is 5.96 Å². The van der Waals surface area contributed by atoms with Crippen molar-refractivity contribution in [2.24, 2.45) is 4.99 Å². The van der Waals surface area contributed by atoms with E-state index in [1.165, 1.54) is 0 Å². The van der Waals surface area contributed by atoms with Crippen LogP contribution < -0.4 is 15.4 Å². The number of guanidine groups is 1. The van der Waals surface area contributed by atoms with Gasteiger partial charge in [-0.05, 0) is 37.9 Å². The van der Waals surface area contributed by atoms with Gasteiger partial charge in [-0.1, -0.05) is 30.3 Å². The topological polar surface area (TPSA) is 69.2 Å². The number of para-hydroxylation sites is 1. The number of aliphatic imine (C=N–C) groups is 1. The van der Waals surface area contributed by atoms with Crippen molar-refractivity contribution >= 4 is 35.8 Å². The zero-order valence-corrected chi connectivity index (χ0v) is 21.3. The molecule has 0 atom stereocenters. The Morgan fingerprint density at radius 1 is 0.968 bits per heavy atom. The second-order valence-corrected chi connectivity index (χ2v) is 7.44. The summed E-state index contributed by atoms with van der Waals surface area (Å²) in [6.45, 7) is 2.72. The van der Waals surface area contributed by atoms with E-state index in [0.717, 1.165) is 23.4 Å². The van der Waals surface area contributed by atoms with Gasteiger partial charge in [-0.3, -0.25) is 9.79 Å². The van der Waals surface area contributed by atoms with Crippen molar-refractivity contribution in [1.82, 2.24) is 20.4 Å². The Labute approximate surface area is 202 Å². The summed E-state index contributed by atoms with van der Waals surface area (Å²) in [6, 6.07) is 15.6. The molecule has 0 aliphatic heterocycles. The predicted molar refractivity (Wildman–Crippen MR) is 137 cm³/mol. The quantitative estimate of drug-likeness (QED) is 0.292. The first kappa shape index (κ1) is 26.7. The minimum atomic E-state index is -0.00143. The van der Waals surface area contributed by atoms with Gasteiger partial charge in [-0.15, -0.1) is 24.0 Å². The van der Waals surface area contributed by atoms with Crippen LogP contribution in [0.1, 0.15) is 21.5 Å². The zero-order chi connectivity index (χ0) is 21.9. The molecule has 2 aromatic carbocycles. The molecule has 2 rings (SSSR count). The van der Waals surface area contributed by atoms with Gasteiger partial charge in [0.05, 0.1) is 0 Å². The van der Waals surface area contributed by atoms with E-state index in [0.29, 0.717) is 31.2 Å². The van der Waals surface area contributed by atoms with Crippen LogP contribution in [0.4, 0.5) is 0 Å². The Morgan fingerprint density at radius 2 is 1.61 bits per heavy atom. The summed E-state index contributed by atoms with van der Waals surface area (Å²) >= 11 is 0. The molecule has 7 nitrogen and oxygen atoms in total. The van der Waals surface area contributed by atoms with E-state index in [4.69, 9.17) is 4.74 Å². The van der Waals surface area contributed by atoms with Gasteiger partial charge in [0.2, 0.25) is 0 Å². The van der Waals surface area contributed by atoms with Crippen LogP contribution >= 0.6 is 24.0 Å². The second kappa shape index (κ2) is 13.9. The van der Waals surface area contributed by atoms with Crippen LogP contribution in [0.3, 0.4) is 0 Å². The zero-order valence-electron chi connectivity index (χ0n) is 19.0. The molecule has 0 bridgehead atoms. The number of halogens is 1. The molecule has 31 heavy (non-hydrogen) atoms. The van der Waals surface area contributed by atoms with Crippen molar-refractivity contribution in [3.8, 4) is 5.75 Å². The molecular weight excluding hydrogens is 505 g/mol. The molecule has 0 heterocycles. The molecule has 0 saturated heterocycles. The second-order valence-electron chi connectivity index (χ2n) is 7.44. The average Bonchev–Trinajstić information content (AvgIpc) is 2.74. The van der Waals surface area contributed by atoms with Crippen LogP contribution in [-0.2, 0) is 13.1 Å². The molecule has 0 fully saturated rings. The lowest BCUT2D eigenvalue weighted by atomic mass is 10.1.